The molecule has 1 atom stereocenters. The van der Waals surface area contributed by atoms with E-state index in [4.69, 9.17) is 10.8 Å². The Morgan fingerprint density at radius 2 is 1.83 bits per heavy atom. The SMILES string of the molecule is Cc1ccc(Cn2nc(C)c(CCC(=O)NC(C)(CN)CC(C)C)c2C)cc1.Cl. The fourth-order valence-electron chi connectivity index (χ4n) is 3.84. The molecule has 6 heteroatoms. The molecule has 0 bridgehead atoms. The van der Waals surface area contributed by atoms with Crippen LogP contribution >= 0.6 is 12.4 Å². The average molecular weight is 421 g/mol. The van der Waals surface area contributed by atoms with Gasteiger partial charge < -0.3 is 11.1 Å². The second-order valence-electron chi connectivity index (χ2n) is 8.70. The van der Waals surface area contributed by atoms with E-state index in [-0.39, 0.29) is 23.9 Å². The van der Waals surface area contributed by atoms with E-state index in [0.29, 0.717) is 25.3 Å². The van der Waals surface area contributed by atoms with Crippen LogP contribution in [0.5, 0.6) is 0 Å². The molecule has 29 heavy (non-hydrogen) atoms. The Hall–Kier alpha value is -1.85. The minimum absolute atomic E-state index is 0. The van der Waals surface area contributed by atoms with Crippen molar-refractivity contribution in [1.29, 1.82) is 0 Å². The van der Waals surface area contributed by atoms with Gasteiger partial charge in [0, 0.05) is 24.2 Å². The smallest absolute Gasteiger partial charge is 0.220 e. The first-order valence-corrected chi connectivity index (χ1v) is 10.2. The zero-order chi connectivity index (χ0) is 20.9. The first kappa shape index (κ1) is 25.2. The predicted molar refractivity (Wildman–Crippen MR) is 123 cm³/mol. The van der Waals surface area contributed by atoms with E-state index in [0.717, 1.165) is 24.4 Å². The molecule has 1 heterocycles. The summed E-state index contributed by atoms with van der Waals surface area (Å²) in [4.78, 5) is 12.5. The number of nitrogens with zero attached hydrogens (tertiary/aromatic N) is 2. The fourth-order valence-corrected chi connectivity index (χ4v) is 3.84. The van der Waals surface area contributed by atoms with E-state index in [2.05, 4.69) is 57.3 Å². The third kappa shape index (κ3) is 7.16. The van der Waals surface area contributed by atoms with Crippen LogP contribution in [0.1, 0.15) is 61.7 Å². The molecule has 0 aliphatic rings. The Labute approximate surface area is 181 Å². The van der Waals surface area contributed by atoms with Crippen molar-refractivity contribution in [2.45, 2.75) is 72.9 Å². The highest BCUT2D eigenvalue weighted by Gasteiger charge is 2.26. The van der Waals surface area contributed by atoms with Gasteiger partial charge in [-0.15, -0.1) is 12.4 Å². The monoisotopic (exact) mass is 420 g/mol. The Balaban J connectivity index is 0.00000420. The van der Waals surface area contributed by atoms with Crippen molar-refractivity contribution in [3.63, 3.8) is 0 Å². The first-order valence-electron chi connectivity index (χ1n) is 10.2. The van der Waals surface area contributed by atoms with Gasteiger partial charge in [-0.25, -0.2) is 0 Å². The molecule has 3 N–H and O–H groups in total. The lowest BCUT2D eigenvalue weighted by Crippen LogP contribution is -2.52. The Kier molecular flexibility index (Phi) is 9.37. The van der Waals surface area contributed by atoms with Crippen LogP contribution in [0.25, 0.3) is 0 Å². The molecule has 0 aliphatic carbocycles. The fraction of sp³-hybridized carbons (Fsp3) is 0.565. The summed E-state index contributed by atoms with van der Waals surface area (Å²) in [6, 6.07) is 8.53. The molecule has 1 aromatic carbocycles. The summed E-state index contributed by atoms with van der Waals surface area (Å²) >= 11 is 0. The molecular formula is C23H37ClN4O. The summed E-state index contributed by atoms with van der Waals surface area (Å²) in [7, 11) is 0. The molecule has 0 fully saturated rings. The molecule has 1 aromatic heterocycles. The van der Waals surface area contributed by atoms with Gasteiger partial charge in [0.25, 0.3) is 0 Å². The second-order valence-corrected chi connectivity index (χ2v) is 8.70. The first-order chi connectivity index (χ1) is 13.1. The standard InChI is InChI=1S/C23H36N4O.ClH/c1-16(2)13-23(6,15-24)25-22(28)12-11-21-18(4)26-27(19(21)5)14-20-9-7-17(3)8-10-20;/h7-10,16H,11-15,24H2,1-6H3,(H,25,28);1H. The lowest BCUT2D eigenvalue weighted by atomic mass is 9.90. The van der Waals surface area contributed by atoms with Crippen molar-refractivity contribution in [3.05, 3.63) is 52.3 Å². The molecule has 0 saturated carbocycles. The number of hydrogen-bond donors (Lipinski definition) is 2. The van der Waals surface area contributed by atoms with Crippen LogP contribution in [0.4, 0.5) is 0 Å². The van der Waals surface area contributed by atoms with E-state index in [9.17, 15) is 4.79 Å². The molecule has 0 spiro atoms. The number of amides is 1. The van der Waals surface area contributed by atoms with Gasteiger partial charge in [-0.3, -0.25) is 9.48 Å². The van der Waals surface area contributed by atoms with Crippen LogP contribution in [0, 0.1) is 26.7 Å². The van der Waals surface area contributed by atoms with Crippen LogP contribution in [-0.2, 0) is 17.8 Å². The summed E-state index contributed by atoms with van der Waals surface area (Å²) in [6.07, 6.45) is 2.02. The predicted octanol–water partition coefficient (Wildman–Crippen LogP) is 4.09. The molecule has 5 nitrogen and oxygen atoms in total. The molecule has 0 radical (unpaired) electrons. The zero-order valence-corrected chi connectivity index (χ0v) is 19.5. The van der Waals surface area contributed by atoms with Gasteiger partial charge >= 0.3 is 0 Å². The third-order valence-corrected chi connectivity index (χ3v) is 5.34. The maximum atomic E-state index is 12.5. The van der Waals surface area contributed by atoms with E-state index in [1.807, 2.05) is 18.5 Å². The Morgan fingerprint density at radius 3 is 2.38 bits per heavy atom. The third-order valence-electron chi connectivity index (χ3n) is 5.34. The van der Waals surface area contributed by atoms with Crippen molar-refractivity contribution >= 4 is 18.3 Å². The van der Waals surface area contributed by atoms with Crippen molar-refractivity contribution in [2.75, 3.05) is 6.54 Å². The van der Waals surface area contributed by atoms with Crippen molar-refractivity contribution in [3.8, 4) is 0 Å². The zero-order valence-electron chi connectivity index (χ0n) is 18.7. The summed E-state index contributed by atoms with van der Waals surface area (Å²) in [6.45, 7) is 13.7. The summed E-state index contributed by atoms with van der Waals surface area (Å²) in [5, 5.41) is 7.85. The number of aromatic nitrogens is 2. The number of hydrogen-bond acceptors (Lipinski definition) is 3. The number of carbonyl (C=O) groups is 1. The molecule has 162 valence electrons. The highest BCUT2D eigenvalue weighted by atomic mass is 35.5. The summed E-state index contributed by atoms with van der Waals surface area (Å²) < 4.78 is 2.04. The maximum Gasteiger partial charge on any atom is 0.220 e. The minimum atomic E-state index is -0.342. The van der Waals surface area contributed by atoms with Crippen LogP contribution in [0.3, 0.4) is 0 Å². The van der Waals surface area contributed by atoms with Crippen molar-refractivity contribution in [2.24, 2.45) is 11.7 Å². The topological polar surface area (TPSA) is 72.9 Å². The molecule has 1 amide bonds. The molecule has 0 aliphatic heterocycles. The number of aryl methyl sites for hydroxylation is 2. The Morgan fingerprint density at radius 1 is 1.21 bits per heavy atom. The second kappa shape index (κ2) is 10.8. The van der Waals surface area contributed by atoms with E-state index in [1.165, 1.54) is 16.7 Å². The number of halogens is 1. The molecule has 1 unspecified atom stereocenters. The average Bonchev–Trinajstić information content (AvgIpc) is 2.87. The van der Waals surface area contributed by atoms with Gasteiger partial charge in [-0.1, -0.05) is 43.7 Å². The van der Waals surface area contributed by atoms with Gasteiger partial charge in [0.15, 0.2) is 0 Å². The Bertz CT molecular complexity index is 798. The summed E-state index contributed by atoms with van der Waals surface area (Å²) in [5.41, 5.74) is 11.4. The van der Waals surface area contributed by atoms with Gasteiger partial charge in [0.2, 0.25) is 5.91 Å². The lowest BCUT2D eigenvalue weighted by molar-refractivity contribution is -0.122. The van der Waals surface area contributed by atoms with E-state index < -0.39 is 0 Å². The molecule has 2 rings (SSSR count). The molecule has 0 saturated heterocycles. The number of nitrogens with one attached hydrogen (secondary N) is 1. The summed E-state index contributed by atoms with van der Waals surface area (Å²) in [5.74, 6) is 0.539. The number of rotatable bonds is 9. The number of carbonyl (C=O) groups excluding carboxylic acids is 1. The van der Waals surface area contributed by atoms with E-state index in [1.54, 1.807) is 0 Å². The normalized spacial score (nSPS) is 13.1. The highest BCUT2D eigenvalue weighted by Crippen LogP contribution is 2.19. The van der Waals surface area contributed by atoms with Gasteiger partial charge in [-0.05, 0) is 57.6 Å². The lowest BCUT2D eigenvalue weighted by Gasteiger charge is -2.31. The number of benzene rings is 1. The van der Waals surface area contributed by atoms with Crippen LogP contribution in [0.2, 0.25) is 0 Å². The molecule has 2 aromatic rings. The highest BCUT2D eigenvalue weighted by molar-refractivity contribution is 5.85. The number of nitrogens with two attached hydrogens (primary N) is 1. The largest absolute Gasteiger partial charge is 0.350 e. The van der Waals surface area contributed by atoms with Crippen LogP contribution in [0.15, 0.2) is 24.3 Å². The maximum absolute atomic E-state index is 12.5. The van der Waals surface area contributed by atoms with Crippen LogP contribution in [-0.4, -0.2) is 27.8 Å². The van der Waals surface area contributed by atoms with Crippen molar-refractivity contribution in [1.82, 2.24) is 15.1 Å². The van der Waals surface area contributed by atoms with Gasteiger partial charge in [0.1, 0.15) is 0 Å². The van der Waals surface area contributed by atoms with Gasteiger partial charge in [0.05, 0.1) is 12.2 Å². The van der Waals surface area contributed by atoms with Gasteiger partial charge in [-0.2, -0.15) is 5.10 Å². The molecular weight excluding hydrogens is 384 g/mol. The van der Waals surface area contributed by atoms with Crippen molar-refractivity contribution < 1.29 is 4.79 Å². The van der Waals surface area contributed by atoms with Crippen LogP contribution < -0.4 is 11.1 Å². The minimum Gasteiger partial charge on any atom is -0.350 e. The quantitative estimate of drug-likeness (QED) is 0.641. The van der Waals surface area contributed by atoms with E-state index >= 15 is 0 Å².